The summed E-state index contributed by atoms with van der Waals surface area (Å²) in [5.41, 5.74) is 6.81. The summed E-state index contributed by atoms with van der Waals surface area (Å²) in [6.45, 7) is 9.88. The number of pyridine rings is 1. The highest BCUT2D eigenvalue weighted by molar-refractivity contribution is 6.09. The van der Waals surface area contributed by atoms with Crippen molar-refractivity contribution in [1.29, 1.82) is 0 Å². The van der Waals surface area contributed by atoms with Gasteiger partial charge in [-0.05, 0) is 87.6 Å². The van der Waals surface area contributed by atoms with Gasteiger partial charge < -0.3 is 20.3 Å². The van der Waals surface area contributed by atoms with Crippen molar-refractivity contribution in [1.82, 2.24) is 10.3 Å². The number of aryl methyl sites for hydroxylation is 1. The predicted molar refractivity (Wildman–Crippen MR) is 163 cm³/mol. The zero-order chi connectivity index (χ0) is 29.1. The van der Waals surface area contributed by atoms with Gasteiger partial charge in [0.15, 0.2) is 5.78 Å². The van der Waals surface area contributed by atoms with Crippen molar-refractivity contribution in [2.24, 2.45) is 0 Å². The van der Waals surface area contributed by atoms with Crippen LogP contribution in [0.4, 0.5) is 11.5 Å². The largest absolute Gasteiger partial charge is 0.497 e. The Morgan fingerprint density at radius 2 is 1.66 bits per heavy atom. The first-order valence-electron chi connectivity index (χ1n) is 14.3. The Hall–Kier alpha value is -4.39. The number of anilines is 2. The molecule has 7 nitrogen and oxygen atoms in total. The summed E-state index contributed by atoms with van der Waals surface area (Å²) in [6.07, 6.45) is 1.07. The van der Waals surface area contributed by atoms with Gasteiger partial charge in [0, 0.05) is 59.3 Å². The second-order valence-electron chi connectivity index (χ2n) is 10.7. The molecule has 2 heterocycles. The number of methoxy groups -OCH3 is 1. The molecule has 0 bridgehead atoms. The van der Waals surface area contributed by atoms with Gasteiger partial charge in [0.05, 0.1) is 7.11 Å². The van der Waals surface area contributed by atoms with E-state index < -0.39 is 5.92 Å². The Balaban J connectivity index is 1.54. The third-order valence-corrected chi connectivity index (χ3v) is 8.14. The van der Waals surface area contributed by atoms with E-state index in [1.807, 2.05) is 50.2 Å². The number of allylic oxidation sites excluding steroid dienone is 3. The van der Waals surface area contributed by atoms with Crippen molar-refractivity contribution >= 4 is 23.2 Å². The van der Waals surface area contributed by atoms with Crippen molar-refractivity contribution in [2.75, 3.05) is 30.4 Å². The lowest BCUT2D eigenvalue weighted by molar-refractivity contribution is -0.116. The average Bonchev–Trinajstić information content (AvgIpc) is 2.97. The van der Waals surface area contributed by atoms with Crippen LogP contribution in [0.15, 0.2) is 89.3 Å². The van der Waals surface area contributed by atoms with Crippen LogP contribution >= 0.6 is 0 Å². The molecular weight excluding hydrogens is 512 g/mol. The van der Waals surface area contributed by atoms with Gasteiger partial charge in [-0.15, -0.1) is 0 Å². The number of benzene rings is 2. The minimum atomic E-state index is -0.480. The fraction of sp³-hybridized carbons (Fsp3) is 0.324. The molecule has 1 amide bonds. The molecule has 1 aromatic heterocycles. The zero-order valence-electron chi connectivity index (χ0n) is 24.5. The number of dihydropyridines is 1. The Morgan fingerprint density at radius 3 is 2.29 bits per heavy atom. The fourth-order valence-corrected chi connectivity index (χ4v) is 6.05. The number of ketones is 1. The van der Waals surface area contributed by atoms with Crippen LogP contribution in [0.2, 0.25) is 0 Å². The smallest absolute Gasteiger partial charge is 0.255 e. The Bertz CT molecular complexity index is 1500. The molecule has 3 aromatic rings. The molecule has 7 heteroatoms. The Labute approximate surface area is 242 Å². The van der Waals surface area contributed by atoms with Gasteiger partial charge in [-0.25, -0.2) is 4.98 Å². The number of carbonyl (C=O) groups excluding carboxylic acids is 2. The van der Waals surface area contributed by atoms with Gasteiger partial charge in [-0.1, -0.05) is 30.3 Å². The molecule has 2 aliphatic rings. The number of ether oxygens (including phenoxy) is 1. The number of nitrogens with zero attached hydrogens (tertiary/aromatic N) is 2. The second kappa shape index (κ2) is 12.0. The number of Topliss-reactive ketones (excluding diaryl/α,β-unsaturated/α-hetero) is 1. The van der Waals surface area contributed by atoms with Crippen LogP contribution in [0.3, 0.4) is 0 Å². The highest BCUT2D eigenvalue weighted by atomic mass is 16.5. The molecule has 2 atom stereocenters. The predicted octanol–water partition coefficient (Wildman–Crippen LogP) is 6.25. The highest BCUT2D eigenvalue weighted by Crippen LogP contribution is 2.46. The molecule has 0 spiro atoms. The number of carbonyl (C=O) groups is 2. The SMILES string of the molecule is CCN(CC)c1ccc(C2C(C(=O)Nc3cccc(C)n3)=C(C)NC3=C2C(=O)CC(c2ccc(OC)cc2)C3)cc1. The number of hydrogen-bond donors (Lipinski definition) is 2. The average molecular weight is 551 g/mol. The molecule has 2 unspecified atom stereocenters. The van der Waals surface area contributed by atoms with Crippen LogP contribution in [0, 0.1) is 6.92 Å². The number of nitrogens with one attached hydrogen (secondary N) is 2. The first-order valence-corrected chi connectivity index (χ1v) is 14.3. The van der Waals surface area contributed by atoms with E-state index in [1.165, 1.54) is 0 Å². The van der Waals surface area contributed by atoms with Crippen molar-refractivity contribution < 1.29 is 14.3 Å². The van der Waals surface area contributed by atoms with Crippen LogP contribution < -0.4 is 20.3 Å². The number of hydrogen-bond acceptors (Lipinski definition) is 6. The minimum absolute atomic E-state index is 0.0463. The molecule has 2 N–H and O–H groups in total. The summed E-state index contributed by atoms with van der Waals surface area (Å²) in [6, 6.07) is 21.8. The first-order chi connectivity index (χ1) is 19.8. The third kappa shape index (κ3) is 5.75. The van der Waals surface area contributed by atoms with Gasteiger partial charge in [0.25, 0.3) is 5.91 Å². The Morgan fingerprint density at radius 1 is 0.976 bits per heavy atom. The lowest BCUT2D eigenvalue weighted by Gasteiger charge is -2.37. The summed E-state index contributed by atoms with van der Waals surface area (Å²) in [7, 11) is 1.65. The topological polar surface area (TPSA) is 83.6 Å². The molecule has 1 aliphatic heterocycles. The maximum absolute atomic E-state index is 14.0. The van der Waals surface area contributed by atoms with Crippen molar-refractivity contribution in [3.05, 3.63) is 106 Å². The van der Waals surface area contributed by atoms with Gasteiger partial charge >= 0.3 is 0 Å². The lowest BCUT2D eigenvalue weighted by atomic mass is 9.71. The summed E-state index contributed by atoms with van der Waals surface area (Å²) < 4.78 is 5.32. The van der Waals surface area contributed by atoms with E-state index >= 15 is 0 Å². The maximum atomic E-state index is 14.0. The normalized spacial score (nSPS) is 18.5. The highest BCUT2D eigenvalue weighted by Gasteiger charge is 2.41. The molecule has 0 saturated heterocycles. The van der Waals surface area contributed by atoms with Crippen molar-refractivity contribution in [3.8, 4) is 5.75 Å². The second-order valence-corrected chi connectivity index (χ2v) is 10.7. The molecule has 2 aromatic carbocycles. The van der Waals surface area contributed by atoms with Crippen LogP contribution in [-0.2, 0) is 9.59 Å². The van der Waals surface area contributed by atoms with E-state index in [-0.39, 0.29) is 17.6 Å². The van der Waals surface area contributed by atoms with Crippen molar-refractivity contribution in [3.63, 3.8) is 0 Å². The number of amides is 1. The van der Waals surface area contributed by atoms with Gasteiger partial charge in [-0.3, -0.25) is 9.59 Å². The molecule has 0 fully saturated rings. The fourth-order valence-electron chi connectivity index (χ4n) is 6.05. The van der Waals surface area contributed by atoms with E-state index in [9.17, 15) is 9.59 Å². The van der Waals surface area contributed by atoms with Crippen molar-refractivity contribution in [2.45, 2.75) is 52.4 Å². The van der Waals surface area contributed by atoms with E-state index in [4.69, 9.17) is 4.74 Å². The van der Waals surface area contributed by atoms with Gasteiger partial charge in [-0.2, -0.15) is 0 Å². The summed E-state index contributed by atoms with van der Waals surface area (Å²) in [5, 5.41) is 6.46. The first kappa shape index (κ1) is 28.1. The molecule has 212 valence electrons. The quantitative estimate of drug-likeness (QED) is 0.345. The van der Waals surface area contributed by atoms with Crippen LogP contribution in [0.1, 0.15) is 62.3 Å². The number of aromatic nitrogens is 1. The van der Waals surface area contributed by atoms with E-state index in [0.29, 0.717) is 29.8 Å². The minimum Gasteiger partial charge on any atom is -0.497 e. The molecule has 5 rings (SSSR count). The monoisotopic (exact) mass is 550 g/mol. The van der Waals surface area contributed by atoms with Crippen LogP contribution in [-0.4, -0.2) is 36.9 Å². The molecule has 0 saturated carbocycles. The number of rotatable bonds is 8. The van der Waals surface area contributed by atoms with Gasteiger partial charge in [0.1, 0.15) is 11.6 Å². The van der Waals surface area contributed by atoms with Crippen LogP contribution in [0.25, 0.3) is 0 Å². The van der Waals surface area contributed by atoms with Gasteiger partial charge in [0.2, 0.25) is 0 Å². The van der Waals surface area contributed by atoms with E-state index in [2.05, 4.69) is 58.6 Å². The maximum Gasteiger partial charge on any atom is 0.255 e. The Kier molecular flexibility index (Phi) is 8.24. The zero-order valence-corrected chi connectivity index (χ0v) is 24.5. The molecule has 41 heavy (non-hydrogen) atoms. The summed E-state index contributed by atoms with van der Waals surface area (Å²) in [4.78, 5) is 34.6. The molecule has 1 aliphatic carbocycles. The van der Waals surface area contributed by atoms with E-state index in [1.54, 1.807) is 13.2 Å². The third-order valence-electron chi connectivity index (χ3n) is 8.14. The standard InChI is InChI=1S/C34H38N4O3/c1-6-38(7-2)26-15-11-24(12-16-26)32-31(34(40)37-30-10-8-9-21(3)35-30)22(4)36-28-19-25(20-29(39)33(28)32)23-13-17-27(41-5)18-14-23/h8-18,25,32,36H,6-7,19-20H2,1-5H3,(H,35,37,40). The molecular formula is C34H38N4O3. The lowest BCUT2D eigenvalue weighted by Crippen LogP contribution is -2.37. The summed E-state index contributed by atoms with van der Waals surface area (Å²) in [5.74, 6) is 0.639. The molecule has 0 radical (unpaired) electrons. The van der Waals surface area contributed by atoms with E-state index in [0.717, 1.165) is 52.7 Å². The van der Waals surface area contributed by atoms with Crippen LogP contribution in [0.5, 0.6) is 5.75 Å². The summed E-state index contributed by atoms with van der Waals surface area (Å²) >= 11 is 0.